The summed E-state index contributed by atoms with van der Waals surface area (Å²) in [6.07, 6.45) is 16.9. The van der Waals surface area contributed by atoms with E-state index >= 15 is 0 Å². The zero-order valence-corrected chi connectivity index (χ0v) is 17.6. The molecular weight excluding hydrogens is 358 g/mol. The number of imidazole rings is 1. The molecule has 0 bridgehead atoms. The average Bonchev–Trinajstić information content (AvgIpc) is 3.13. The smallest absolute Gasteiger partial charge is 0.137 e. The Labute approximate surface area is 174 Å². The van der Waals surface area contributed by atoms with Gasteiger partial charge in [-0.25, -0.2) is 4.98 Å². The molecule has 4 heteroatoms. The van der Waals surface area contributed by atoms with Gasteiger partial charge < -0.3 is 9.14 Å². The number of hydrogen-bond acceptors (Lipinski definition) is 3. The first-order chi connectivity index (χ1) is 14.3. The molecule has 1 atom stereocenters. The van der Waals surface area contributed by atoms with Gasteiger partial charge in [0, 0.05) is 31.7 Å². The Balaban J connectivity index is 1.56. The first kappa shape index (κ1) is 19.1. The molecule has 1 aliphatic heterocycles. The highest BCUT2D eigenvalue weighted by Gasteiger charge is 2.25. The summed E-state index contributed by atoms with van der Waals surface area (Å²) in [6, 6.07) is 4.50. The highest BCUT2D eigenvalue weighted by atomic mass is 16.5. The predicted molar refractivity (Wildman–Crippen MR) is 118 cm³/mol. The molecule has 3 aliphatic rings. The predicted octanol–water partition coefficient (Wildman–Crippen LogP) is 5.19. The lowest BCUT2D eigenvalue weighted by atomic mass is 9.86. The molecule has 1 unspecified atom stereocenters. The van der Waals surface area contributed by atoms with Crippen LogP contribution >= 0.6 is 0 Å². The number of rotatable bonds is 4. The first-order valence-electron chi connectivity index (χ1n) is 11.5. The fourth-order valence-corrected chi connectivity index (χ4v) is 5.24. The minimum absolute atomic E-state index is 0.571. The number of pyridine rings is 1. The molecule has 154 valence electrons. The largest absolute Gasteiger partial charge is 0.379 e. The molecule has 29 heavy (non-hydrogen) atoms. The number of allylic oxidation sites excluding steroid dienone is 4. The van der Waals surface area contributed by atoms with Crippen molar-refractivity contribution in [3.8, 4) is 0 Å². The summed E-state index contributed by atoms with van der Waals surface area (Å²) in [5.41, 5.74) is 6.66. The van der Waals surface area contributed by atoms with Crippen LogP contribution in [0.25, 0.3) is 11.2 Å². The van der Waals surface area contributed by atoms with Gasteiger partial charge in [0.05, 0.1) is 24.6 Å². The third-order valence-electron chi connectivity index (χ3n) is 6.98. The van der Waals surface area contributed by atoms with Gasteiger partial charge in [-0.15, -0.1) is 0 Å². The van der Waals surface area contributed by atoms with Gasteiger partial charge in [0.15, 0.2) is 0 Å². The normalized spacial score (nSPS) is 24.2. The van der Waals surface area contributed by atoms with Gasteiger partial charge in [-0.2, -0.15) is 0 Å². The molecular formula is C25H33N3O. The molecule has 3 heterocycles. The maximum absolute atomic E-state index is 5.59. The van der Waals surface area contributed by atoms with Gasteiger partial charge in [0.25, 0.3) is 0 Å². The zero-order chi connectivity index (χ0) is 19.6. The van der Waals surface area contributed by atoms with E-state index in [1.165, 1.54) is 54.6 Å². The van der Waals surface area contributed by atoms with Gasteiger partial charge in [-0.05, 0) is 48.4 Å². The lowest BCUT2D eigenvalue weighted by molar-refractivity contribution is 0.0333. The van der Waals surface area contributed by atoms with Gasteiger partial charge in [0.1, 0.15) is 5.65 Å². The molecule has 0 radical (unpaired) electrons. The van der Waals surface area contributed by atoms with E-state index in [0.717, 1.165) is 44.9 Å². The molecule has 2 aromatic rings. The zero-order valence-electron chi connectivity index (χ0n) is 17.6. The Kier molecular flexibility index (Phi) is 5.56. The molecule has 4 nitrogen and oxygen atoms in total. The summed E-state index contributed by atoms with van der Waals surface area (Å²) in [5.74, 6) is 1.19. The molecule has 0 amide bonds. The third kappa shape index (κ3) is 3.93. The van der Waals surface area contributed by atoms with Crippen LogP contribution in [0.15, 0.2) is 36.6 Å². The van der Waals surface area contributed by atoms with E-state index in [0.29, 0.717) is 11.8 Å². The van der Waals surface area contributed by atoms with Crippen LogP contribution in [0.1, 0.15) is 68.3 Å². The summed E-state index contributed by atoms with van der Waals surface area (Å²) in [4.78, 5) is 7.72. The lowest BCUT2D eigenvalue weighted by Crippen LogP contribution is -2.36. The Morgan fingerprint density at radius 2 is 1.93 bits per heavy atom. The van der Waals surface area contributed by atoms with Gasteiger partial charge in [-0.1, -0.05) is 44.4 Å². The quantitative estimate of drug-likeness (QED) is 0.718. The van der Waals surface area contributed by atoms with Crippen LogP contribution in [0.3, 0.4) is 0 Å². The van der Waals surface area contributed by atoms with E-state index in [4.69, 9.17) is 9.72 Å². The number of aromatic nitrogens is 2. The molecule has 1 saturated heterocycles. The van der Waals surface area contributed by atoms with Crippen molar-refractivity contribution in [2.24, 2.45) is 5.92 Å². The van der Waals surface area contributed by atoms with Crippen LogP contribution in [0, 0.1) is 5.92 Å². The fourth-order valence-electron chi connectivity index (χ4n) is 5.24. The van der Waals surface area contributed by atoms with E-state index < -0.39 is 0 Å². The van der Waals surface area contributed by atoms with Gasteiger partial charge in [-0.3, -0.25) is 4.90 Å². The van der Waals surface area contributed by atoms with Crippen LogP contribution in [-0.4, -0.2) is 40.6 Å². The van der Waals surface area contributed by atoms with Crippen molar-refractivity contribution >= 4 is 11.2 Å². The van der Waals surface area contributed by atoms with Crippen LogP contribution in [0.4, 0.5) is 0 Å². The first-order valence-corrected chi connectivity index (χ1v) is 11.5. The van der Waals surface area contributed by atoms with Crippen molar-refractivity contribution in [3.05, 3.63) is 53.5 Å². The monoisotopic (exact) mass is 391 g/mol. The van der Waals surface area contributed by atoms with Crippen molar-refractivity contribution in [3.63, 3.8) is 0 Å². The van der Waals surface area contributed by atoms with E-state index in [1.54, 1.807) is 0 Å². The minimum Gasteiger partial charge on any atom is -0.379 e. The third-order valence-corrected chi connectivity index (χ3v) is 6.98. The standard InChI is InChI=1S/C25H33N3O/c1-19-7-5-6-10-22(19)21-11-12-24-26-25(20-8-3-2-4-9-20)23(28(24)17-21)18-27-13-15-29-16-14-27/h5-6,10-12,17,19-20H,2-4,7-9,13-16,18H2,1H3. The second-order valence-corrected chi connectivity index (χ2v) is 9.00. The molecule has 2 aromatic heterocycles. The van der Waals surface area contributed by atoms with Crippen molar-refractivity contribution in [1.29, 1.82) is 0 Å². The second kappa shape index (κ2) is 8.45. The number of morpholine rings is 1. The maximum Gasteiger partial charge on any atom is 0.137 e. The summed E-state index contributed by atoms with van der Waals surface area (Å²) in [5, 5.41) is 0. The summed E-state index contributed by atoms with van der Waals surface area (Å²) < 4.78 is 7.99. The average molecular weight is 392 g/mol. The topological polar surface area (TPSA) is 29.8 Å². The number of ether oxygens (including phenoxy) is 1. The highest BCUT2D eigenvalue weighted by molar-refractivity contribution is 5.70. The van der Waals surface area contributed by atoms with Crippen molar-refractivity contribution < 1.29 is 4.74 Å². The number of nitrogens with zero attached hydrogens (tertiary/aromatic N) is 3. The summed E-state index contributed by atoms with van der Waals surface area (Å²) >= 11 is 0. The number of fused-ring (bicyclic) bond motifs is 1. The van der Waals surface area contributed by atoms with Crippen LogP contribution in [0.2, 0.25) is 0 Å². The highest BCUT2D eigenvalue weighted by Crippen LogP contribution is 2.36. The van der Waals surface area contributed by atoms with Crippen molar-refractivity contribution in [2.75, 3.05) is 26.3 Å². The SMILES string of the molecule is CC1CC=CC=C1c1ccc2nc(C3CCCCC3)c(CN3CCOCC3)n2c1. The lowest BCUT2D eigenvalue weighted by Gasteiger charge is -2.28. The Morgan fingerprint density at radius 3 is 2.72 bits per heavy atom. The van der Waals surface area contributed by atoms with E-state index in [1.807, 2.05) is 0 Å². The Bertz CT molecular complexity index is 914. The van der Waals surface area contributed by atoms with Gasteiger partial charge >= 0.3 is 0 Å². The molecule has 0 aromatic carbocycles. The fraction of sp³-hybridized carbons (Fsp3) is 0.560. The molecule has 0 N–H and O–H groups in total. The van der Waals surface area contributed by atoms with E-state index in [2.05, 4.69) is 52.8 Å². The molecule has 5 rings (SSSR count). The molecule has 0 spiro atoms. The Morgan fingerprint density at radius 1 is 1.10 bits per heavy atom. The maximum atomic E-state index is 5.59. The van der Waals surface area contributed by atoms with Crippen LogP contribution < -0.4 is 0 Å². The van der Waals surface area contributed by atoms with Crippen molar-refractivity contribution in [2.45, 2.75) is 57.9 Å². The second-order valence-electron chi connectivity index (χ2n) is 9.00. The molecule has 2 aliphatic carbocycles. The molecule has 2 fully saturated rings. The van der Waals surface area contributed by atoms with Crippen molar-refractivity contribution in [1.82, 2.24) is 14.3 Å². The molecule has 1 saturated carbocycles. The minimum atomic E-state index is 0.571. The van der Waals surface area contributed by atoms with Crippen LogP contribution in [-0.2, 0) is 11.3 Å². The van der Waals surface area contributed by atoms with Crippen LogP contribution in [0.5, 0.6) is 0 Å². The summed E-state index contributed by atoms with van der Waals surface area (Å²) in [6.45, 7) is 7.03. The van der Waals surface area contributed by atoms with E-state index in [-0.39, 0.29) is 0 Å². The number of hydrogen-bond donors (Lipinski definition) is 0. The van der Waals surface area contributed by atoms with Gasteiger partial charge in [0.2, 0.25) is 0 Å². The Hall–Kier alpha value is -1.91. The van der Waals surface area contributed by atoms with E-state index in [9.17, 15) is 0 Å². The summed E-state index contributed by atoms with van der Waals surface area (Å²) in [7, 11) is 0.